The maximum Gasteiger partial charge on any atom is 0.119 e. The molecule has 0 spiro atoms. The van der Waals surface area contributed by atoms with E-state index in [-0.39, 0.29) is 0 Å². The zero-order chi connectivity index (χ0) is 14.8. The second-order valence-corrected chi connectivity index (χ2v) is 6.63. The Balaban J connectivity index is 1.66. The molecule has 0 amide bonds. The predicted molar refractivity (Wildman–Crippen MR) is 89.1 cm³/mol. The van der Waals surface area contributed by atoms with Crippen LogP contribution in [0.5, 0.6) is 5.75 Å². The molecule has 0 heterocycles. The Labute approximate surface area is 127 Å². The first kappa shape index (κ1) is 14.4. The highest BCUT2D eigenvalue weighted by molar-refractivity contribution is 5.84. The van der Waals surface area contributed by atoms with Gasteiger partial charge in [-0.25, -0.2) is 0 Å². The Morgan fingerprint density at radius 3 is 2.67 bits per heavy atom. The van der Waals surface area contributed by atoms with Gasteiger partial charge in [0.25, 0.3) is 0 Å². The summed E-state index contributed by atoms with van der Waals surface area (Å²) in [4.78, 5) is 0. The van der Waals surface area contributed by atoms with Crippen molar-refractivity contribution >= 4 is 10.8 Å². The first-order valence-corrected chi connectivity index (χ1v) is 7.96. The molecule has 2 aromatic rings. The minimum absolute atomic E-state index is 0.734. The van der Waals surface area contributed by atoms with E-state index in [0.29, 0.717) is 0 Å². The third-order valence-electron chi connectivity index (χ3n) is 4.38. The highest BCUT2D eigenvalue weighted by Crippen LogP contribution is 2.47. The van der Waals surface area contributed by atoms with Crippen molar-refractivity contribution in [3.63, 3.8) is 0 Å². The quantitative estimate of drug-likeness (QED) is 0.858. The Bertz CT molecular complexity index is 620. The number of rotatable bonds is 6. The molecule has 1 aliphatic rings. The van der Waals surface area contributed by atoms with Gasteiger partial charge in [0.05, 0.1) is 7.11 Å². The zero-order valence-corrected chi connectivity index (χ0v) is 13.2. The molecule has 21 heavy (non-hydrogen) atoms. The lowest BCUT2D eigenvalue weighted by molar-refractivity contribution is 0.415. The molecule has 112 valence electrons. The molecule has 0 aromatic heterocycles. The monoisotopic (exact) mass is 283 g/mol. The van der Waals surface area contributed by atoms with Crippen molar-refractivity contribution in [2.45, 2.75) is 26.2 Å². The number of hydrogen-bond acceptors (Lipinski definition) is 2. The van der Waals surface area contributed by atoms with Crippen molar-refractivity contribution in [2.75, 3.05) is 20.2 Å². The van der Waals surface area contributed by atoms with Crippen LogP contribution in [0.15, 0.2) is 36.4 Å². The van der Waals surface area contributed by atoms with E-state index in [1.165, 1.54) is 22.8 Å². The van der Waals surface area contributed by atoms with Gasteiger partial charge in [0.15, 0.2) is 0 Å². The third-order valence-corrected chi connectivity index (χ3v) is 4.38. The van der Waals surface area contributed by atoms with E-state index in [1.54, 1.807) is 7.11 Å². The van der Waals surface area contributed by atoms with Crippen LogP contribution in [0.25, 0.3) is 10.8 Å². The van der Waals surface area contributed by atoms with Gasteiger partial charge in [0, 0.05) is 0 Å². The Morgan fingerprint density at radius 1 is 1.14 bits per heavy atom. The van der Waals surface area contributed by atoms with Crippen LogP contribution in [-0.2, 0) is 0 Å². The van der Waals surface area contributed by atoms with Gasteiger partial charge < -0.3 is 10.1 Å². The number of ether oxygens (including phenoxy) is 1. The molecule has 1 saturated carbocycles. The second kappa shape index (κ2) is 6.07. The Morgan fingerprint density at radius 2 is 1.90 bits per heavy atom. The van der Waals surface area contributed by atoms with Gasteiger partial charge in [0.1, 0.15) is 5.75 Å². The highest BCUT2D eigenvalue weighted by Gasteiger charge is 2.37. The van der Waals surface area contributed by atoms with Gasteiger partial charge in [-0.3, -0.25) is 0 Å². The van der Waals surface area contributed by atoms with Crippen molar-refractivity contribution in [1.29, 1.82) is 0 Å². The lowest BCUT2D eigenvalue weighted by atomic mass is 10.0. The summed E-state index contributed by atoms with van der Waals surface area (Å²) >= 11 is 0. The molecule has 2 unspecified atom stereocenters. The molecule has 1 N–H and O–H groups in total. The first-order chi connectivity index (χ1) is 10.2. The summed E-state index contributed by atoms with van der Waals surface area (Å²) in [7, 11) is 1.72. The molecular weight excluding hydrogens is 258 g/mol. The molecule has 0 bridgehead atoms. The molecule has 2 atom stereocenters. The highest BCUT2D eigenvalue weighted by atomic mass is 16.5. The van der Waals surface area contributed by atoms with Crippen LogP contribution in [0.1, 0.15) is 31.7 Å². The maximum absolute atomic E-state index is 5.28. The molecular formula is C19H25NO. The topological polar surface area (TPSA) is 21.3 Å². The van der Waals surface area contributed by atoms with Crippen molar-refractivity contribution in [3.05, 3.63) is 42.0 Å². The predicted octanol–water partition coefficient (Wildman–Crippen LogP) is 4.20. The van der Waals surface area contributed by atoms with E-state index in [1.807, 2.05) is 6.07 Å². The van der Waals surface area contributed by atoms with Gasteiger partial charge in [-0.2, -0.15) is 0 Å². The summed E-state index contributed by atoms with van der Waals surface area (Å²) < 4.78 is 5.28. The third kappa shape index (κ3) is 3.38. The van der Waals surface area contributed by atoms with Crippen molar-refractivity contribution in [3.8, 4) is 5.75 Å². The van der Waals surface area contributed by atoms with Crippen LogP contribution in [0.3, 0.4) is 0 Å². The summed E-state index contributed by atoms with van der Waals surface area (Å²) in [6.45, 7) is 6.80. The standard InChI is InChI=1S/C19H25NO/c1-13(2)11-20-12-17-10-19(17)16-5-4-15-9-18(21-3)7-6-14(15)8-16/h4-9,13,17,19-20H,10-12H2,1-3H3. The fourth-order valence-corrected chi connectivity index (χ4v) is 3.04. The van der Waals surface area contributed by atoms with E-state index in [0.717, 1.165) is 36.6 Å². The van der Waals surface area contributed by atoms with E-state index in [4.69, 9.17) is 4.74 Å². The largest absolute Gasteiger partial charge is 0.497 e. The van der Waals surface area contributed by atoms with Gasteiger partial charge >= 0.3 is 0 Å². The van der Waals surface area contributed by atoms with Crippen LogP contribution in [-0.4, -0.2) is 20.2 Å². The van der Waals surface area contributed by atoms with Crippen molar-refractivity contribution in [2.24, 2.45) is 11.8 Å². The zero-order valence-electron chi connectivity index (χ0n) is 13.2. The minimum atomic E-state index is 0.734. The molecule has 0 aliphatic heterocycles. The van der Waals surface area contributed by atoms with Gasteiger partial charge in [0.2, 0.25) is 0 Å². The lowest BCUT2D eigenvalue weighted by Crippen LogP contribution is -2.22. The van der Waals surface area contributed by atoms with Crippen LogP contribution in [0, 0.1) is 11.8 Å². The molecule has 0 radical (unpaired) electrons. The van der Waals surface area contributed by atoms with Crippen LogP contribution in [0.4, 0.5) is 0 Å². The number of methoxy groups -OCH3 is 1. The molecule has 1 aliphatic carbocycles. The summed E-state index contributed by atoms with van der Waals surface area (Å²) in [6, 6.07) is 13.2. The van der Waals surface area contributed by atoms with Crippen molar-refractivity contribution < 1.29 is 4.74 Å². The molecule has 2 nitrogen and oxygen atoms in total. The number of fused-ring (bicyclic) bond motifs is 1. The smallest absolute Gasteiger partial charge is 0.119 e. The average Bonchev–Trinajstić information content (AvgIpc) is 3.25. The summed E-state index contributed by atoms with van der Waals surface area (Å²) in [6.07, 6.45) is 1.33. The number of hydrogen-bond donors (Lipinski definition) is 1. The molecule has 1 fully saturated rings. The lowest BCUT2D eigenvalue weighted by Gasteiger charge is -2.08. The van der Waals surface area contributed by atoms with Crippen molar-refractivity contribution in [1.82, 2.24) is 5.32 Å². The summed E-state index contributed by atoms with van der Waals surface area (Å²) in [5.41, 5.74) is 1.49. The summed E-state index contributed by atoms with van der Waals surface area (Å²) in [5, 5.41) is 6.15. The molecule has 0 saturated heterocycles. The van der Waals surface area contributed by atoms with Gasteiger partial charge in [-0.1, -0.05) is 38.1 Å². The fourth-order valence-electron chi connectivity index (χ4n) is 3.04. The van der Waals surface area contributed by atoms with Gasteiger partial charge in [-0.05, 0) is 65.7 Å². The Hall–Kier alpha value is -1.54. The second-order valence-electron chi connectivity index (χ2n) is 6.63. The Kier molecular flexibility index (Phi) is 4.16. The SMILES string of the molecule is COc1ccc2cc(C3CC3CNCC(C)C)ccc2c1. The van der Waals surface area contributed by atoms with E-state index < -0.39 is 0 Å². The van der Waals surface area contributed by atoms with E-state index in [9.17, 15) is 0 Å². The number of nitrogens with one attached hydrogen (secondary N) is 1. The van der Waals surface area contributed by atoms with E-state index in [2.05, 4.69) is 49.5 Å². The maximum atomic E-state index is 5.28. The van der Waals surface area contributed by atoms with Gasteiger partial charge in [-0.15, -0.1) is 0 Å². The number of benzene rings is 2. The average molecular weight is 283 g/mol. The molecule has 2 heteroatoms. The minimum Gasteiger partial charge on any atom is -0.497 e. The van der Waals surface area contributed by atoms with Crippen LogP contribution < -0.4 is 10.1 Å². The van der Waals surface area contributed by atoms with Crippen LogP contribution >= 0.6 is 0 Å². The first-order valence-electron chi connectivity index (χ1n) is 7.96. The fraction of sp³-hybridized carbons (Fsp3) is 0.474. The molecule has 2 aromatic carbocycles. The molecule has 3 rings (SSSR count). The van der Waals surface area contributed by atoms with Crippen LogP contribution in [0.2, 0.25) is 0 Å². The van der Waals surface area contributed by atoms with E-state index >= 15 is 0 Å². The normalized spacial score (nSPS) is 21.0. The summed E-state index contributed by atoms with van der Waals surface area (Å²) in [5.74, 6) is 3.23.